The largest absolute Gasteiger partial charge is 0.497 e. The van der Waals surface area contributed by atoms with Crippen LogP contribution in [0.15, 0.2) is 78.9 Å². The SMILES string of the molecule is COc1ccc([C@@H]2[C@@H]3C(=O)N(c4ccc(C#N)cc4)C(=O)[C@@H]3ON2c2ccccc2)cc1. The van der Waals surface area contributed by atoms with Crippen molar-refractivity contribution in [3.8, 4) is 11.8 Å². The second-order valence-electron chi connectivity index (χ2n) is 7.60. The monoisotopic (exact) mass is 425 g/mol. The lowest BCUT2D eigenvalue weighted by atomic mass is 9.90. The number of rotatable bonds is 4. The van der Waals surface area contributed by atoms with E-state index in [0.29, 0.717) is 17.0 Å². The topological polar surface area (TPSA) is 82.9 Å². The average molecular weight is 425 g/mol. The third kappa shape index (κ3) is 3.09. The van der Waals surface area contributed by atoms with Crippen LogP contribution in [0.4, 0.5) is 11.4 Å². The number of fused-ring (bicyclic) bond motifs is 1. The molecule has 3 aromatic rings. The quantitative estimate of drug-likeness (QED) is 0.594. The highest BCUT2D eigenvalue weighted by Crippen LogP contribution is 2.47. The Morgan fingerprint density at radius 1 is 0.875 bits per heavy atom. The number of carbonyl (C=O) groups excluding carboxylic acids is 2. The van der Waals surface area contributed by atoms with Gasteiger partial charge in [-0.25, -0.2) is 9.96 Å². The maximum Gasteiger partial charge on any atom is 0.266 e. The molecule has 3 atom stereocenters. The average Bonchev–Trinajstić information content (AvgIpc) is 3.36. The molecule has 0 bridgehead atoms. The van der Waals surface area contributed by atoms with E-state index in [4.69, 9.17) is 14.8 Å². The smallest absolute Gasteiger partial charge is 0.266 e. The van der Waals surface area contributed by atoms with Gasteiger partial charge in [0.25, 0.3) is 5.91 Å². The van der Waals surface area contributed by atoms with E-state index in [0.717, 1.165) is 16.2 Å². The van der Waals surface area contributed by atoms with Crippen LogP contribution in [0.3, 0.4) is 0 Å². The zero-order valence-corrected chi connectivity index (χ0v) is 17.2. The zero-order valence-electron chi connectivity index (χ0n) is 17.2. The normalized spacial score (nSPS) is 22.1. The zero-order chi connectivity index (χ0) is 22.2. The molecule has 0 unspecified atom stereocenters. The predicted octanol–water partition coefficient (Wildman–Crippen LogP) is 3.62. The first-order chi connectivity index (χ1) is 15.6. The summed E-state index contributed by atoms with van der Waals surface area (Å²) in [7, 11) is 1.59. The van der Waals surface area contributed by atoms with E-state index in [9.17, 15) is 9.59 Å². The van der Waals surface area contributed by atoms with Gasteiger partial charge in [-0.2, -0.15) is 5.26 Å². The van der Waals surface area contributed by atoms with Crippen molar-refractivity contribution >= 4 is 23.2 Å². The summed E-state index contributed by atoms with van der Waals surface area (Å²) in [6.07, 6.45) is -0.939. The van der Waals surface area contributed by atoms with Crippen molar-refractivity contribution in [1.82, 2.24) is 0 Å². The maximum absolute atomic E-state index is 13.5. The highest BCUT2D eigenvalue weighted by molar-refractivity contribution is 6.23. The molecule has 2 heterocycles. The molecule has 7 nitrogen and oxygen atoms in total. The van der Waals surface area contributed by atoms with Gasteiger partial charge in [0.1, 0.15) is 11.7 Å². The van der Waals surface area contributed by atoms with Crippen LogP contribution in [0.25, 0.3) is 0 Å². The number of anilines is 2. The Bertz CT molecular complexity index is 1200. The van der Waals surface area contributed by atoms with Gasteiger partial charge in [-0.3, -0.25) is 14.4 Å². The molecule has 0 radical (unpaired) electrons. The summed E-state index contributed by atoms with van der Waals surface area (Å²) in [5, 5.41) is 10.7. The second-order valence-corrected chi connectivity index (χ2v) is 7.60. The molecule has 2 saturated heterocycles. The molecule has 3 aromatic carbocycles. The van der Waals surface area contributed by atoms with Gasteiger partial charge in [-0.05, 0) is 54.1 Å². The van der Waals surface area contributed by atoms with Crippen LogP contribution in [-0.4, -0.2) is 25.0 Å². The first kappa shape index (κ1) is 19.8. The molecule has 2 aliphatic heterocycles. The van der Waals surface area contributed by atoms with Crippen LogP contribution in [0, 0.1) is 17.2 Å². The number of methoxy groups -OCH3 is 1. The Morgan fingerprint density at radius 2 is 1.56 bits per heavy atom. The lowest BCUT2D eigenvalue weighted by Crippen LogP contribution is -2.37. The summed E-state index contributed by atoms with van der Waals surface area (Å²) in [5.41, 5.74) is 2.48. The number of para-hydroxylation sites is 1. The summed E-state index contributed by atoms with van der Waals surface area (Å²) < 4.78 is 5.26. The van der Waals surface area contributed by atoms with Crippen LogP contribution in [0.2, 0.25) is 0 Å². The van der Waals surface area contributed by atoms with Crippen LogP contribution in [-0.2, 0) is 14.4 Å². The molecule has 0 aliphatic carbocycles. The van der Waals surface area contributed by atoms with Crippen molar-refractivity contribution in [2.75, 3.05) is 17.1 Å². The van der Waals surface area contributed by atoms with Crippen LogP contribution >= 0.6 is 0 Å². The molecule has 0 saturated carbocycles. The Labute approximate surface area is 185 Å². The highest BCUT2D eigenvalue weighted by atomic mass is 16.7. The molecule has 2 aliphatic rings. The summed E-state index contributed by atoms with van der Waals surface area (Å²) >= 11 is 0. The molecule has 5 rings (SSSR count). The van der Waals surface area contributed by atoms with Gasteiger partial charge in [0, 0.05) is 0 Å². The minimum atomic E-state index is -0.939. The van der Waals surface area contributed by atoms with E-state index in [2.05, 4.69) is 0 Å². The molecule has 0 spiro atoms. The first-order valence-electron chi connectivity index (χ1n) is 10.2. The van der Waals surface area contributed by atoms with Crippen molar-refractivity contribution in [2.24, 2.45) is 5.92 Å². The van der Waals surface area contributed by atoms with E-state index in [1.165, 1.54) is 0 Å². The minimum Gasteiger partial charge on any atom is -0.497 e. The highest BCUT2D eigenvalue weighted by Gasteiger charge is 2.60. The minimum absolute atomic E-state index is 0.330. The van der Waals surface area contributed by atoms with Crippen LogP contribution in [0.5, 0.6) is 5.75 Å². The molecule has 32 heavy (non-hydrogen) atoms. The summed E-state index contributed by atoms with van der Waals surface area (Å²) in [5.74, 6) is -0.763. The molecule has 0 aromatic heterocycles. The van der Waals surface area contributed by atoms with Crippen LogP contribution < -0.4 is 14.7 Å². The fourth-order valence-corrected chi connectivity index (χ4v) is 4.29. The summed E-state index contributed by atoms with van der Waals surface area (Å²) in [6.45, 7) is 0. The lowest BCUT2D eigenvalue weighted by Gasteiger charge is -2.28. The van der Waals surface area contributed by atoms with Gasteiger partial charge >= 0.3 is 0 Å². The number of hydroxylamine groups is 1. The number of hydrogen-bond donors (Lipinski definition) is 0. The summed E-state index contributed by atoms with van der Waals surface area (Å²) in [4.78, 5) is 34.1. The fourth-order valence-electron chi connectivity index (χ4n) is 4.29. The van der Waals surface area contributed by atoms with Gasteiger partial charge < -0.3 is 4.74 Å². The third-order valence-corrected chi connectivity index (χ3v) is 5.84. The van der Waals surface area contributed by atoms with Crippen molar-refractivity contribution in [3.05, 3.63) is 90.0 Å². The van der Waals surface area contributed by atoms with Gasteiger partial charge in [-0.1, -0.05) is 30.3 Å². The third-order valence-electron chi connectivity index (χ3n) is 5.84. The number of nitrogens with zero attached hydrogens (tertiary/aromatic N) is 3. The first-order valence-corrected chi connectivity index (χ1v) is 10.2. The molecule has 0 N–H and O–H groups in total. The molecular weight excluding hydrogens is 406 g/mol. The van der Waals surface area contributed by atoms with Crippen molar-refractivity contribution in [1.29, 1.82) is 5.26 Å². The number of ether oxygens (including phenoxy) is 1. The standard InChI is InChI=1S/C25H19N3O4/c1-31-20-13-9-17(10-14-20)22-21-23(32-28(22)19-5-3-2-4-6-19)25(30)27(24(21)29)18-11-7-16(15-26)8-12-18/h2-14,21-23H,1H3/t21-,22+,23+/m0/s1. The van der Waals surface area contributed by atoms with Gasteiger partial charge in [0.15, 0.2) is 6.10 Å². The number of imide groups is 1. The van der Waals surface area contributed by atoms with Crippen molar-refractivity contribution in [3.63, 3.8) is 0 Å². The number of nitriles is 1. The van der Waals surface area contributed by atoms with Gasteiger partial charge in [-0.15, -0.1) is 0 Å². The molecule has 7 heteroatoms. The molecule has 158 valence electrons. The van der Waals surface area contributed by atoms with E-state index in [-0.39, 0.29) is 5.91 Å². The number of amides is 2. The van der Waals surface area contributed by atoms with E-state index < -0.39 is 24.0 Å². The Kier molecular flexibility index (Phi) is 4.85. The van der Waals surface area contributed by atoms with Crippen LogP contribution in [0.1, 0.15) is 17.2 Å². The fraction of sp³-hybridized carbons (Fsp3) is 0.160. The number of hydrogen-bond acceptors (Lipinski definition) is 6. The maximum atomic E-state index is 13.5. The van der Waals surface area contributed by atoms with Crippen molar-refractivity contribution in [2.45, 2.75) is 12.1 Å². The van der Waals surface area contributed by atoms with Crippen molar-refractivity contribution < 1.29 is 19.2 Å². The van der Waals surface area contributed by atoms with E-state index >= 15 is 0 Å². The Hall–Kier alpha value is -4.15. The molecule has 2 amide bonds. The molecule has 2 fully saturated rings. The molecular formula is C25H19N3O4. The van der Waals surface area contributed by atoms with E-state index in [1.807, 2.05) is 60.7 Å². The second kappa shape index (κ2) is 7.84. The number of carbonyl (C=O) groups is 2. The number of benzene rings is 3. The lowest BCUT2D eigenvalue weighted by molar-refractivity contribution is -0.126. The Morgan fingerprint density at radius 3 is 2.19 bits per heavy atom. The summed E-state index contributed by atoms with van der Waals surface area (Å²) in [6, 6.07) is 24.8. The van der Waals surface area contributed by atoms with Gasteiger partial charge in [0.2, 0.25) is 5.91 Å². The van der Waals surface area contributed by atoms with Gasteiger partial charge in [0.05, 0.1) is 36.2 Å². The van der Waals surface area contributed by atoms with E-state index in [1.54, 1.807) is 36.4 Å². The predicted molar refractivity (Wildman–Crippen MR) is 117 cm³/mol. The Balaban J connectivity index is 1.56.